The lowest BCUT2D eigenvalue weighted by molar-refractivity contribution is -0.146. The van der Waals surface area contributed by atoms with Gasteiger partial charge in [0.2, 0.25) is 0 Å². The first-order valence-electron chi connectivity index (χ1n) is 5.79. The van der Waals surface area contributed by atoms with Gasteiger partial charge in [-0.05, 0) is 18.3 Å². The molecule has 1 unspecified atom stereocenters. The second kappa shape index (κ2) is 4.97. The van der Waals surface area contributed by atoms with Crippen LogP contribution >= 0.6 is 0 Å². The molecule has 0 radical (unpaired) electrons. The fraction of sp³-hybridized carbons (Fsp3) is 0.917. The lowest BCUT2D eigenvalue weighted by Crippen LogP contribution is -2.50. The van der Waals surface area contributed by atoms with Crippen molar-refractivity contribution in [1.82, 2.24) is 5.32 Å². The molecule has 0 saturated heterocycles. The van der Waals surface area contributed by atoms with Crippen LogP contribution in [0.25, 0.3) is 0 Å². The maximum atomic E-state index is 11.7. The fourth-order valence-electron chi connectivity index (χ4n) is 2.12. The van der Waals surface area contributed by atoms with Gasteiger partial charge in [0.1, 0.15) is 6.04 Å². The molecule has 0 amide bonds. The van der Waals surface area contributed by atoms with Crippen LogP contribution in [0, 0.1) is 5.41 Å². The van der Waals surface area contributed by atoms with Gasteiger partial charge in [-0.25, -0.2) is 0 Å². The highest BCUT2D eigenvalue weighted by molar-refractivity contribution is 5.76. The van der Waals surface area contributed by atoms with Crippen LogP contribution in [0.2, 0.25) is 0 Å². The van der Waals surface area contributed by atoms with Crippen molar-refractivity contribution in [2.75, 3.05) is 7.11 Å². The molecule has 0 heterocycles. The Morgan fingerprint density at radius 3 is 2.27 bits per heavy atom. The Labute approximate surface area is 92.6 Å². The Morgan fingerprint density at radius 2 is 1.87 bits per heavy atom. The largest absolute Gasteiger partial charge is 0.468 e. The zero-order valence-electron chi connectivity index (χ0n) is 10.3. The van der Waals surface area contributed by atoms with Crippen LogP contribution in [0.15, 0.2) is 0 Å². The summed E-state index contributed by atoms with van der Waals surface area (Å²) >= 11 is 0. The van der Waals surface area contributed by atoms with E-state index in [9.17, 15) is 4.79 Å². The van der Waals surface area contributed by atoms with Gasteiger partial charge in [0, 0.05) is 6.04 Å². The molecular weight excluding hydrogens is 190 g/mol. The smallest absolute Gasteiger partial charge is 0.323 e. The predicted molar refractivity (Wildman–Crippen MR) is 60.7 cm³/mol. The highest BCUT2D eigenvalue weighted by Crippen LogP contribution is 2.24. The lowest BCUT2D eigenvalue weighted by atomic mass is 9.86. The number of methoxy groups -OCH3 is 1. The first-order valence-corrected chi connectivity index (χ1v) is 5.79. The predicted octanol–water partition coefficient (Wildman–Crippen LogP) is 2.11. The van der Waals surface area contributed by atoms with E-state index in [1.165, 1.54) is 32.8 Å². The second-order valence-electron chi connectivity index (χ2n) is 5.47. The standard InChI is InChI=1S/C12H23NO2/c1-12(2,3)10(11(14)15-4)13-9-7-5-6-8-9/h9-10,13H,5-8H2,1-4H3. The summed E-state index contributed by atoms with van der Waals surface area (Å²) in [6, 6.07) is 0.305. The number of ether oxygens (including phenoxy) is 1. The number of rotatable bonds is 3. The van der Waals surface area contributed by atoms with Gasteiger partial charge in [0.15, 0.2) is 0 Å². The maximum Gasteiger partial charge on any atom is 0.323 e. The Morgan fingerprint density at radius 1 is 1.33 bits per heavy atom. The summed E-state index contributed by atoms with van der Waals surface area (Å²) in [4.78, 5) is 11.7. The Hall–Kier alpha value is -0.570. The minimum atomic E-state index is -0.189. The summed E-state index contributed by atoms with van der Waals surface area (Å²) in [7, 11) is 1.46. The highest BCUT2D eigenvalue weighted by Gasteiger charge is 2.34. The van der Waals surface area contributed by atoms with Crippen LogP contribution < -0.4 is 5.32 Å². The van der Waals surface area contributed by atoms with Crippen LogP contribution in [0.5, 0.6) is 0 Å². The molecule has 1 aliphatic carbocycles. The van der Waals surface area contributed by atoms with Crippen LogP contribution in [0.3, 0.4) is 0 Å². The summed E-state index contributed by atoms with van der Waals surface area (Å²) in [5.41, 5.74) is -0.0876. The van der Waals surface area contributed by atoms with Crippen molar-refractivity contribution in [3.63, 3.8) is 0 Å². The van der Waals surface area contributed by atoms with Crippen molar-refractivity contribution >= 4 is 5.97 Å². The third-order valence-electron chi connectivity index (χ3n) is 3.06. The molecule has 1 saturated carbocycles. The molecule has 1 aliphatic rings. The van der Waals surface area contributed by atoms with E-state index in [-0.39, 0.29) is 17.4 Å². The fourth-order valence-corrected chi connectivity index (χ4v) is 2.12. The monoisotopic (exact) mass is 213 g/mol. The van der Waals surface area contributed by atoms with Crippen molar-refractivity contribution in [3.05, 3.63) is 0 Å². The zero-order chi connectivity index (χ0) is 11.5. The number of nitrogens with one attached hydrogen (secondary N) is 1. The van der Waals surface area contributed by atoms with Crippen LogP contribution in [-0.4, -0.2) is 25.2 Å². The average Bonchev–Trinajstić information content (AvgIpc) is 2.63. The van der Waals surface area contributed by atoms with E-state index in [1.54, 1.807) is 0 Å². The van der Waals surface area contributed by atoms with Crippen LogP contribution in [0.1, 0.15) is 46.5 Å². The zero-order valence-corrected chi connectivity index (χ0v) is 10.3. The number of hydrogen-bond donors (Lipinski definition) is 1. The van der Waals surface area contributed by atoms with E-state index in [1.807, 2.05) is 0 Å². The summed E-state index contributed by atoms with van der Waals surface area (Å²) in [5.74, 6) is -0.144. The van der Waals surface area contributed by atoms with Gasteiger partial charge < -0.3 is 10.1 Å². The number of carbonyl (C=O) groups is 1. The van der Waals surface area contributed by atoms with Crippen molar-refractivity contribution in [2.24, 2.45) is 5.41 Å². The Bertz CT molecular complexity index is 214. The van der Waals surface area contributed by atoms with E-state index in [0.717, 1.165) is 0 Å². The number of hydrogen-bond acceptors (Lipinski definition) is 3. The molecule has 1 N–H and O–H groups in total. The molecule has 0 bridgehead atoms. The molecule has 15 heavy (non-hydrogen) atoms. The molecule has 1 fully saturated rings. The topological polar surface area (TPSA) is 38.3 Å². The van der Waals surface area contributed by atoms with E-state index in [0.29, 0.717) is 6.04 Å². The first kappa shape index (κ1) is 12.5. The van der Waals surface area contributed by atoms with Gasteiger partial charge in [-0.1, -0.05) is 33.6 Å². The van der Waals surface area contributed by atoms with E-state index < -0.39 is 0 Å². The number of carbonyl (C=O) groups excluding carboxylic acids is 1. The van der Waals surface area contributed by atoms with Gasteiger partial charge in [-0.3, -0.25) is 4.79 Å². The molecule has 88 valence electrons. The van der Waals surface area contributed by atoms with Crippen molar-refractivity contribution in [1.29, 1.82) is 0 Å². The maximum absolute atomic E-state index is 11.7. The third kappa shape index (κ3) is 3.49. The minimum absolute atomic E-state index is 0.0876. The molecule has 0 spiro atoms. The van der Waals surface area contributed by atoms with Crippen molar-refractivity contribution < 1.29 is 9.53 Å². The summed E-state index contributed by atoms with van der Waals surface area (Å²) in [5, 5.41) is 3.43. The Balaban J connectivity index is 2.60. The Kier molecular flexibility index (Phi) is 4.14. The molecule has 0 aliphatic heterocycles. The molecule has 1 rings (SSSR count). The van der Waals surface area contributed by atoms with Gasteiger partial charge >= 0.3 is 5.97 Å². The average molecular weight is 213 g/mol. The van der Waals surface area contributed by atoms with Gasteiger partial charge in [0.05, 0.1) is 7.11 Å². The number of esters is 1. The highest BCUT2D eigenvalue weighted by atomic mass is 16.5. The lowest BCUT2D eigenvalue weighted by Gasteiger charge is -2.31. The molecule has 0 aromatic heterocycles. The summed E-state index contributed by atoms with van der Waals surface area (Å²) in [6.45, 7) is 6.20. The van der Waals surface area contributed by atoms with Crippen LogP contribution in [0.4, 0.5) is 0 Å². The molecule has 3 nitrogen and oxygen atoms in total. The summed E-state index contributed by atoms with van der Waals surface area (Å²) < 4.78 is 4.85. The van der Waals surface area contributed by atoms with Gasteiger partial charge in [0.25, 0.3) is 0 Å². The van der Waals surface area contributed by atoms with E-state index in [2.05, 4.69) is 26.1 Å². The third-order valence-corrected chi connectivity index (χ3v) is 3.06. The molecule has 3 heteroatoms. The molecule has 1 atom stereocenters. The van der Waals surface area contributed by atoms with E-state index in [4.69, 9.17) is 4.74 Å². The van der Waals surface area contributed by atoms with Crippen molar-refractivity contribution in [2.45, 2.75) is 58.5 Å². The quantitative estimate of drug-likeness (QED) is 0.730. The van der Waals surface area contributed by atoms with Gasteiger partial charge in [-0.2, -0.15) is 0 Å². The van der Waals surface area contributed by atoms with E-state index >= 15 is 0 Å². The first-order chi connectivity index (χ1) is 6.95. The second-order valence-corrected chi connectivity index (χ2v) is 5.47. The summed E-state index contributed by atoms with van der Waals surface area (Å²) in [6.07, 6.45) is 4.92. The normalized spacial score (nSPS) is 20.3. The van der Waals surface area contributed by atoms with Crippen molar-refractivity contribution in [3.8, 4) is 0 Å². The SMILES string of the molecule is COC(=O)C(NC1CCCC1)C(C)(C)C. The minimum Gasteiger partial charge on any atom is -0.468 e. The van der Waals surface area contributed by atoms with Crippen LogP contribution in [-0.2, 0) is 9.53 Å². The van der Waals surface area contributed by atoms with Gasteiger partial charge in [-0.15, -0.1) is 0 Å². The molecular formula is C12H23NO2. The molecule has 0 aromatic rings. The molecule has 0 aromatic carbocycles.